The minimum absolute atomic E-state index is 0.235. The molecule has 1 fully saturated rings. The summed E-state index contributed by atoms with van der Waals surface area (Å²) in [5, 5.41) is 4.79. The van der Waals surface area contributed by atoms with E-state index in [9.17, 15) is 4.79 Å². The maximum atomic E-state index is 11.5. The topological polar surface area (TPSA) is 58.0 Å². The first-order valence-electron chi connectivity index (χ1n) is 9.22. The molecule has 2 aromatic rings. The molecule has 1 N–H and O–H groups in total. The van der Waals surface area contributed by atoms with Gasteiger partial charge in [-0.3, -0.25) is 4.90 Å². The van der Waals surface area contributed by atoms with Gasteiger partial charge in [0.25, 0.3) is 0 Å². The number of esters is 1. The highest BCUT2D eigenvalue weighted by atomic mass is 35.5. The quantitative estimate of drug-likeness (QED) is 0.587. The fourth-order valence-corrected chi connectivity index (χ4v) is 3.61. The van der Waals surface area contributed by atoms with Crippen LogP contribution in [0.4, 0.5) is 0 Å². The average Bonchev–Trinajstić information content (AvgIpc) is 3.04. The molecule has 1 aromatic carbocycles. The summed E-state index contributed by atoms with van der Waals surface area (Å²) in [4.78, 5) is 16.0. The Bertz CT molecular complexity index is 827. The maximum Gasteiger partial charge on any atom is 0.373 e. The summed E-state index contributed by atoms with van der Waals surface area (Å²) in [7, 11) is 1.34. The fraction of sp³-hybridized carbons (Fsp3) is 0.400. The van der Waals surface area contributed by atoms with E-state index in [0.717, 1.165) is 54.1 Å². The van der Waals surface area contributed by atoms with Gasteiger partial charge in [-0.25, -0.2) is 4.79 Å². The number of benzene rings is 1. The van der Waals surface area contributed by atoms with Gasteiger partial charge in [-0.1, -0.05) is 29.8 Å². The number of rotatable bonds is 5. The zero-order valence-corrected chi connectivity index (χ0v) is 17.4. The molecule has 0 saturated carbocycles. The van der Waals surface area contributed by atoms with E-state index < -0.39 is 5.97 Å². The van der Waals surface area contributed by atoms with Gasteiger partial charge in [0.15, 0.2) is 5.11 Å². The molecular weight excluding hydrogens is 398 g/mol. The Labute approximate surface area is 175 Å². The number of thiocarbonyl (C=S) groups is 1. The van der Waals surface area contributed by atoms with Gasteiger partial charge in [-0.2, -0.15) is 0 Å². The van der Waals surface area contributed by atoms with Gasteiger partial charge in [-0.15, -0.1) is 0 Å². The number of furan rings is 1. The lowest BCUT2D eigenvalue weighted by molar-refractivity contribution is 0.0561. The van der Waals surface area contributed by atoms with E-state index in [4.69, 9.17) is 28.2 Å². The lowest BCUT2D eigenvalue weighted by atomic mass is 10.2. The number of halogens is 1. The Hall–Kier alpha value is -2.09. The number of carbonyl (C=O) groups excluding carboxylic acids is 1. The summed E-state index contributed by atoms with van der Waals surface area (Å²) in [5.41, 5.74) is 1.03. The third-order valence-electron chi connectivity index (χ3n) is 4.69. The second-order valence-electron chi connectivity index (χ2n) is 6.62. The first-order valence-corrected chi connectivity index (χ1v) is 10.0. The molecule has 1 aliphatic rings. The van der Waals surface area contributed by atoms with Crippen molar-refractivity contribution in [3.63, 3.8) is 0 Å². The second-order valence-corrected chi connectivity index (χ2v) is 7.42. The van der Waals surface area contributed by atoms with E-state index in [1.54, 1.807) is 6.07 Å². The number of hydrogen-bond donors (Lipinski definition) is 1. The number of nitrogens with one attached hydrogen (secondary N) is 1. The molecule has 0 bridgehead atoms. The third-order valence-corrected chi connectivity index (χ3v) is 5.46. The summed E-state index contributed by atoms with van der Waals surface area (Å²) >= 11 is 11.8. The number of nitrogens with zero attached hydrogens (tertiary/aromatic N) is 2. The third kappa shape index (κ3) is 5.47. The molecule has 0 unspecified atom stereocenters. The van der Waals surface area contributed by atoms with Crippen molar-refractivity contribution < 1.29 is 13.9 Å². The molecular formula is C20H24ClN3O3S. The molecule has 1 aromatic heterocycles. The Morgan fingerprint density at radius 1 is 1.21 bits per heavy atom. The van der Waals surface area contributed by atoms with Crippen LogP contribution in [0.2, 0.25) is 5.02 Å². The summed E-state index contributed by atoms with van der Waals surface area (Å²) in [6.45, 7) is 4.81. The van der Waals surface area contributed by atoms with Crippen LogP contribution in [0, 0.1) is 0 Å². The van der Waals surface area contributed by atoms with Crippen molar-refractivity contribution >= 4 is 34.9 Å². The minimum atomic E-state index is -0.455. The molecule has 150 valence electrons. The van der Waals surface area contributed by atoms with Gasteiger partial charge < -0.3 is 19.4 Å². The van der Waals surface area contributed by atoms with Crippen molar-refractivity contribution in [2.45, 2.75) is 19.5 Å². The van der Waals surface area contributed by atoms with Crippen LogP contribution in [0.25, 0.3) is 0 Å². The van der Waals surface area contributed by atoms with Crippen LogP contribution >= 0.6 is 23.8 Å². The second kappa shape index (κ2) is 9.91. The van der Waals surface area contributed by atoms with E-state index in [1.165, 1.54) is 7.11 Å². The number of methoxy groups -OCH3 is 1. The van der Waals surface area contributed by atoms with Crippen molar-refractivity contribution in [3.05, 3.63) is 58.5 Å². The van der Waals surface area contributed by atoms with Gasteiger partial charge in [-0.05, 0) is 42.4 Å². The number of ether oxygens (including phenoxy) is 1. The molecule has 0 aliphatic carbocycles. The molecule has 8 heteroatoms. The first-order chi connectivity index (χ1) is 13.6. The standard InChI is InChI=1S/C20H24ClN3O3S/c1-26-19(25)18-8-7-16(27-18)14-23-9-4-10-24(12-11-23)20(28)22-13-15-5-2-3-6-17(15)21/h2-3,5-8H,4,9-14H2,1H3,(H,22,28). The predicted molar refractivity (Wildman–Crippen MR) is 112 cm³/mol. The molecule has 28 heavy (non-hydrogen) atoms. The van der Waals surface area contributed by atoms with Crippen molar-refractivity contribution in [1.82, 2.24) is 15.1 Å². The van der Waals surface area contributed by atoms with Crippen LogP contribution in [-0.2, 0) is 17.8 Å². The van der Waals surface area contributed by atoms with Crippen LogP contribution in [0.3, 0.4) is 0 Å². The Balaban J connectivity index is 1.49. The van der Waals surface area contributed by atoms with E-state index in [1.807, 2.05) is 30.3 Å². The zero-order chi connectivity index (χ0) is 19.9. The largest absolute Gasteiger partial charge is 0.463 e. The first kappa shape index (κ1) is 20.6. The normalized spacial score (nSPS) is 15.1. The van der Waals surface area contributed by atoms with Gasteiger partial charge in [0.2, 0.25) is 5.76 Å². The molecule has 3 rings (SSSR count). The lowest BCUT2D eigenvalue weighted by Crippen LogP contribution is -2.41. The molecule has 1 aliphatic heterocycles. The molecule has 6 nitrogen and oxygen atoms in total. The Morgan fingerprint density at radius 2 is 2.04 bits per heavy atom. The summed E-state index contributed by atoms with van der Waals surface area (Å²) in [6.07, 6.45) is 0.998. The summed E-state index contributed by atoms with van der Waals surface area (Å²) in [5.74, 6) is 0.537. The SMILES string of the molecule is COC(=O)c1ccc(CN2CCCN(C(=S)NCc3ccccc3Cl)CC2)o1. The highest BCUT2D eigenvalue weighted by Crippen LogP contribution is 2.15. The number of carbonyl (C=O) groups is 1. The molecule has 0 atom stereocenters. The Morgan fingerprint density at radius 3 is 2.82 bits per heavy atom. The maximum absolute atomic E-state index is 11.5. The Kier molecular flexibility index (Phi) is 7.30. The van der Waals surface area contributed by atoms with Crippen molar-refractivity contribution in [3.8, 4) is 0 Å². The zero-order valence-electron chi connectivity index (χ0n) is 15.8. The van der Waals surface area contributed by atoms with Crippen LogP contribution < -0.4 is 5.32 Å². The highest BCUT2D eigenvalue weighted by Gasteiger charge is 2.19. The van der Waals surface area contributed by atoms with E-state index in [0.29, 0.717) is 13.1 Å². The average molecular weight is 422 g/mol. The van der Waals surface area contributed by atoms with Crippen LogP contribution in [0.1, 0.15) is 28.3 Å². The fourth-order valence-electron chi connectivity index (χ4n) is 3.15. The van der Waals surface area contributed by atoms with Crippen molar-refractivity contribution in [1.29, 1.82) is 0 Å². The van der Waals surface area contributed by atoms with Gasteiger partial charge in [0.1, 0.15) is 5.76 Å². The summed E-state index contributed by atoms with van der Waals surface area (Å²) in [6, 6.07) is 11.2. The molecule has 2 heterocycles. The minimum Gasteiger partial charge on any atom is -0.463 e. The van der Waals surface area contributed by atoms with Crippen LogP contribution in [-0.4, -0.2) is 54.2 Å². The van der Waals surface area contributed by atoms with Gasteiger partial charge in [0.05, 0.1) is 13.7 Å². The van der Waals surface area contributed by atoms with E-state index >= 15 is 0 Å². The molecule has 0 amide bonds. The molecule has 1 saturated heterocycles. The smallest absolute Gasteiger partial charge is 0.373 e. The monoisotopic (exact) mass is 421 g/mol. The van der Waals surface area contributed by atoms with E-state index in [2.05, 4.69) is 19.9 Å². The van der Waals surface area contributed by atoms with Crippen LogP contribution in [0.15, 0.2) is 40.8 Å². The molecule has 0 spiro atoms. The number of hydrogen-bond acceptors (Lipinski definition) is 5. The summed E-state index contributed by atoms with van der Waals surface area (Å²) < 4.78 is 10.3. The van der Waals surface area contributed by atoms with Crippen LogP contribution in [0.5, 0.6) is 0 Å². The van der Waals surface area contributed by atoms with Crippen molar-refractivity contribution in [2.75, 3.05) is 33.3 Å². The molecule has 0 radical (unpaired) electrons. The highest BCUT2D eigenvalue weighted by molar-refractivity contribution is 7.80. The lowest BCUT2D eigenvalue weighted by Gasteiger charge is -2.24. The van der Waals surface area contributed by atoms with Gasteiger partial charge >= 0.3 is 5.97 Å². The van der Waals surface area contributed by atoms with Crippen molar-refractivity contribution in [2.24, 2.45) is 0 Å². The predicted octanol–water partition coefficient (Wildman–Crippen LogP) is 3.30. The van der Waals surface area contributed by atoms with Gasteiger partial charge in [0, 0.05) is 37.7 Å². The van der Waals surface area contributed by atoms with E-state index in [-0.39, 0.29) is 5.76 Å².